The molecular formula is C18H30ClN3. The van der Waals surface area contributed by atoms with Crippen molar-refractivity contribution in [3.63, 3.8) is 0 Å². The Morgan fingerprint density at radius 3 is 2.05 bits per heavy atom. The summed E-state index contributed by atoms with van der Waals surface area (Å²) in [6.45, 7) is 7.95. The molecule has 0 amide bonds. The molecule has 1 aromatic rings. The molecular weight excluding hydrogens is 294 g/mol. The van der Waals surface area contributed by atoms with Crippen LogP contribution in [0.5, 0.6) is 0 Å². The zero-order valence-electron chi connectivity index (χ0n) is 13.8. The van der Waals surface area contributed by atoms with Gasteiger partial charge >= 0.3 is 0 Å². The van der Waals surface area contributed by atoms with Crippen LogP contribution in [0.15, 0.2) is 24.3 Å². The van der Waals surface area contributed by atoms with Gasteiger partial charge in [-0.25, -0.2) is 0 Å². The monoisotopic (exact) mass is 323 g/mol. The summed E-state index contributed by atoms with van der Waals surface area (Å²) in [5.74, 6) is 0. The quantitative estimate of drug-likeness (QED) is 0.899. The van der Waals surface area contributed by atoms with E-state index in [4.69, 9.17) is 17.3 Å². The van der Waals surface area contributed by atoms with E-state index < -0.39 is 0 Å². The highest BCUT2D eigenvalue weighted by Crippen LogP contribution is 2.19. The summed E-state index contributed by atoms with van der Waals surface area (Å²) in [5, 5.41) is 0.811. The fourth-order valence-electron chi connectivity index (χ4n) is 3.11. The van der Waals surface area contributed by atoms with Crippen LogP contribution in [0.1, 0.15) is 39.0 Å². The number of anilines is 1. The number of benzene rings is 1. The number of nitrogens with zero attached hydrogens (tertiary/aromatic N) is 2. The van der Waals surface area contributed by atoms with Crippen LogP contribution in [0.25, 0.3) is 0 Å². The molecule has 1 aliphatic carbocycles. The van der Waals surface area contributed by atoms with Gasteiger partial charge in [0.2, 0.25) is 0 Å². The first-order valence-corrected chi connectivity index (χ1v) is 9.05. The molecule has 0 bridgehead atoms. The van der Waals surface area contributed by atoms with Gasteiger partial charge in [0.15, 0.2) is 0 Å². The van der Waals surface area contributed by atoms with E-state index >= 15 is 0 Å². The standard InChI is InChI=1S/C12H17ClN2.C6H13N/c1-2-14-7-9-15(10-8-14)12-5-3-11(13)4-6-12;7-6-4-2-1-3-5-6/h3-6H,2,7-10H2,1H3;6H,1-5,7H2. The van der Waals surface area contributed by atoms with E-state index in [0.717, 1.165) is 24.7 Å². The van der Waals surface area contributed by atoms with E-state index in [-0.39, 0.29) is 0 Å². The third-order valence-electron chi connectivity index (χ3n) is 4.66. The molecule has 1 heterocycles. The molecule has 0 spiro atoms. The fourth-order valence-corrected chi connectivity index (χ4v) is 3.23. The molecule has 1 saturated heterocycles. The van der Waals surface area contributed by atoms with Crippen molar-refractivity contribution in [1.82, 2.24) is 4.90 Å². The molecule has 124 valence electrons. The summed E-state index contributed by atoms with van der Waals surface area (Å²) in [5.41, 5.74) is 6.92. The molecule has 1 aromatic carbocycles. The smallest absolute Gasteiger partial charge is 0.0407 e. The van der Waals surface area contributed by atoms with Gasteiger partial charge in [-0.2, -0.15) is 0 Å². The van der Waals surface area contributed by atoms with Crippen molar-refractivity contribution in [3.8, 4) is 0 Å². The van der Waals surface area contributed by atoms with Gasteiger partial charge in [0, 0.05) is 42.9 Å². The van der Waals surface area contributed by atoms with Gasteiger partial charge in [0.25, 0.3) is 0 Å². The average Bonchev–Trinajstić information content (AvgIpc) is 2.57. The highest BCUT2D eigenvalue weighted by Gasteiger charge is 2.15. The Morgan fingerprint density at radius 1 is 1.00 bits per heavy atom. The van der Waals surface area contributed by atoms with Gasteiger partial charge < -0.3 is 15.5 Å². The summed E-state index contributed by atoms with van der Waals surface area (Å²) in [6, 6.07) is 8.66. The van der Waals surface area contributed by atoms with Crippen molar-refractivity contribution in [1.29, 1.82) is 0 Å². The number of piperazine rings is 1. The first-order valence-electron chi connectivity index (χ1n) is 8.67. The second kappa shape index (κ2) is 9.39. The first-order chi connectivity index (χ1) is 10.7. The minimum atomic E-state index is 0.536. The largest absolute Gasteiger partial charge is 0.369 e. The Morgan fingerprint density at radius 2 is 1.59 bits per heavy atom. The molecule has 0 aromatic heterocycles. The van der Waals surface area contributed by atoms with E-state index in [0.29, 0.717) is 6.04 Å². The number of hydrogen-bond acceptors (Lipinski definition) is 3. The van der Waals surface area contributed by atoms with Gasteiger partial charge in [-0.05, 0) is 43.7 Å². The van der Waals surface area contributed by atoms with Gasteiger partial charge in [-0.15, -0.1) is 0 Å². The number of likely N-dealkylation sites (N-methyl/N-ethyl adjacent to an activating group) is 1. The van der Waals surface area contributed by atoms with E-state index in [1.807, 2.05) is 12.1 Å². The Balaban J connectivity index is 0.000000211. The molecule has 3 nitrogen and oxygen atoms in total. The molecule has 1 aliphatic heterocycles. The molecule has 2 aliphatic rings. The number of hydrogen-bond donors (Lipinski definition) is 1. The highest BCUT2D eigenvalue weighted by atomic mass is 35.5. The Labute approximate surface area is 140 Å². The van der Waals surface area contributed by atoms with Crippen LogP contribution in [-0.4, -0.2) is 43.7 Å². The van der Waals surface area contributed by atoms with Crippen molar-refractivity contribution in [2.75, 3.05) is 37.6 Å². The molecule has 1 saturated carbocycles. The molecule has 0 atom stereocenters. The van der Waals surface area contributed by atoms with Crippen LogP contribution >= 0.6 is 11.6 Å². The minimum absolute atomic E-state index is 0.536. The predicted octanol–water partition coefficient (Wildman–Crippen LogP) is 3.76. The number of rotatable bonds is 2. The molecule has 2 fully saturated rings. The van der Waals surface area contributed by atoms with E-state index in [1.165, 1.54) is 50.9 Å². The Hall–Kier alpha value is -0.770. The van der Waals surface area contributed by atoms with Crippen LogP contribution in [0.2, 0.25) is 5.02 Å². The van der Waals surface area contributed by atoms with Crippen molar-refractivity contribution >= 4 is 17.3 Å². The fraction of sp³-hybridized carbons (Fsp3) is 0.667. The van der Waals surface area contributed by atoms with Crippen LogP contribution in [0, 0.1) is 0 Å². The lowest BCUT2D eigenvalue weighted by atomic mass is 9.97. The van der Waals surface area contributed by atoms with Crippen molar-refractivity contribution < 1.29 is 0 Å². The summed E-state index contributed by atoms with van der Waals surface area (Å²) in [7, 11) is 0. The van der Waals surface area contributed by atoms with Gasteiger partial charge in [-0.3, -0.25) is 0 Å². The third kappa shape index (κ3) is 5.79. The second-order valence-electron chi connectivity index (χ2n) is 6.30. The zero-order chi connectivity index (χ0) is 15.8. The van der Waals surface area contributed by atoms with Crippen molar-refractivity contribution in [2.24, 2.45) is 5.73 Å². The van der Waals surface area contributed by atoms with Gasteiger partial charge in [0.05, 0.1) is 0 Å². The van der Waals surface area contributed by atoms with Crippen LogP contribution < -0.4 is 10.6 Å². The maximum atomic E-state index is 5.87. The Bertz CT molecular complexity index is 407. The van der Waals surface area contributed by atoms with Crippen LogP contribution in [0.4, 0.5) is 5.69 Å². The lowest BCUT2D eigenvalue weighted by Gasteiger charge is -2.35. The van der Waals surface area contributed by atoms with E-state index in [9.17, 15) is 0 Å². The number of halogens is 1. The average molecular weight is 324 g/mol. The first kappa shape index (κ1) is 17.6. The zero-order valence-corrected chi connectivity index (χ0v) is 14.6. The van der Waals surface area contributed by atoms with Gasteiger partial charge in [-0.1, -0.05) is 37.8 Å². The summed E-state index contributed by atoms with van der Waals surface area (Å²) in [6.07, 6.45) is 6.66. The number of nitrogens with two attached hydrogens (primary N) is 1. The van der Waals surface area contributed by atoms with E-state index in [1.54, 1.807) is 0 Å². The predicted molar refractivity (Wildman–Crippen MR) is 96.8 cm³/mol. The third-order valence-corrected chi connectivity index (χ3v) is 4.91. The molecule has 22 heavy (non-hydrogen) atoms. The lowest BCUT2D eigenvalue weighted by molar-refractivity contribution is 0.271. The summed E-state index contributed by atoms with van der Waals surface area (Å²) in [4.78, 5) is 4.90. The summed E-state index contributed by atoms with van der Waals surface area (Å²) >= 11 is 5.87. The molecule has 4 heteroatoms. The van der Waals surface area contributed by atoms with Crippen molar-refractivity contribution in [2.45, 2.75) is 45.1 Å². The van der Waals surface area contributed by atoms with Crippen LogP contribution in [0.3, 0.4) is 0 Å². The molecule has 0 unspecified atom stereocenters. The lowest BCUT2D eigenvalue weighted by Crippen LogP contribution is -2.46. The Kier molecular flexibility index (Phi) is 7.50. The van der Waals surface area contributed by atoms with Crippen LogP contribution in [-0.2, 0) is 0 Å². The SMILES string of the molecule is CCN1CCN(c2ccc(Cl)cc2)CC1.NC1CCCCC1. The molecule has 3 rings (SSSR count). The van der Waals surface area contributed by atoms with Crippen molar-refractivity contribution in [3.05, 3.63) is 29.3 Å². The van der Waals surface area contributed by atoms with Gasteiger partial charge in [0.1, 0.15) is 0 Å². The van der Waals surface area contributed by atoms with E-state index in [2.05, 4.69) is 28.9 Å². The molecule has 2 N–H and O–H groups in total. The summed E-state index contributed by atoms with van der Waals surface area (Å²) < 4.78 is 0. The second-order valence-corrected chi connectivity index (χ2v) is 6.73. The highest BCUT2D eigenvalue weighted by molar-refractivity contribution is 6.30. The maximum Gasteiger partial charge on any atom is 0.0407 e. The minimum Gasteiger partial charge on any atom is -0.369 e. The normalized spacial score (nSPS) is 20.4. The topological polar surface area (TPSA) is 32.5 Å². The molecule has 0 radical (unpaired) electrons. The maximum absolute atomic E-state index is 5.87.